The lowest BCUT2D eigenvalue weighted by molar-refractivity contribution is 0.477. The highest BCUT2D eigenvalue weighted by Gasteiger charge is 2.08. The van der Waals surface area contributed by atoms with Gasteiger partial charge in [-0.2, -0.15) is 0 Å². The monoisotopic (exact) mass is 259 g/mol. The van der Waals surface area contributed by atoms with Crippen LogP contribution in [0.15, 0.2) is 42.6 Å². The molecule has 2 aromatic heterocycles. The Bertz CT molecular complexity index is 708. The summed E-state index contributed by atoms with van der Waals surface area (Å²) in [7, 11) is 0. The molecule has 0 aliphatic heterocycles. The van der Waals surface area contributed by atoms with Gasteiger partial charge in [0.2, 0.25) is 5.65 Å². The Labute approximate surface area is 108 Å². The molecule has 0 saturated carbocycles. The molecule has 0 aliphatic rings. The number of aromatic hydroxyl groups is 1. The summed E-state index contributed by atoms with van der Waals surface area (Å²) in [5.41, 5.74) is 1.52. The van der Waals surface area contributed by atoms with Crippen LogP contribution < -0.4 is 0 Å². The normalized spacial score (nSPS) is 10.9. The second-order valence-electron chi connectivity index (χ2n) is 4.01. The van der Waals surface area contributed by atoms with Crippen LogP contribution in [-0.4, -0.2) is 19.7 Å². The van der Waals surface area contributed by atoms with Crippen molar-refractivity contribution in [3.8, 4) is 5.75 Å². The average Bonchev–Trinajstić information content (AvgIpc) is 2.74. The number of nitrogens with zero attached hydrogens (tertiary/aromatic N) is 3. The smallest absolute Gasteiger partial charge is 0.203 e. The van der Waals surface area contributed by atoms with Crippen molar-refractivity contribution in [3.05, 3.63) is 59.0 Å². The maximum absolute atomic E-state index is 9.65. The van der Waals surface area contributed by atoms with Crippen LogP contribution in [0.25, 0.3) is 5.65 Å². The van der Waals surface area contributed by atoms with Gasteiger partial charge >= 0.3 is 0 Å². The van der Waals surface area contributed by atoms with Crippen LogP contribution in [0.4, 0.5) is 0 Å². The molecule has 0 aliphatic carbocycles. The van der Waals surface area contributed by atoms with Crippen molar-refractivity contribution < 1.29 is 5.11 Å². The maximum atomic E-state index is 9.65. The quantitative estimate of drug-likeness (QED) is 0.770. The van der Waals surface area contributed by atoms with Crippen molar-refractivity contribution in [2.45, 2.75) is 6.42 Å². The Morgan fingerprint density at radius 1 is 1.17 bits per heavy atom. The predicted molar refractivity (Wildman–Crippen MR) is 68.9 cm³/mol. The molecule has 0 unspecified atom stereocenters. The second kappa shape index (κ2) is 4.31. The molecule has 0 saturated heterocycles. The number of halogens is 1. The largest absolute Gasteiger partial charge is 0.504 e. The average molecular weight is 260 g/mol. The molecular weight excluding hydrogens is 250 g/mol. The second-order valence-corrected chi connectivity index (χ2v) is 4.45. The molecule has 1 N–H and O–H groups in total. The first-order valence-electron chi connectivity index (χ1n) is 5.50. The van der Waals surface area contributed by atoms with Crippen molar-refractivity contribution in [2.75, 3.05) is 0 Å². The zero-order valence-corrected chi connectivity index (χ0v) is 10.2. The van der Waals surface area contributed by atoms with Crippen molar-refractivity contribution in [1.29, 1.82) is 0 Å². The molecule has 2 heterocycles. The summed E-state index contributed by atoms with van der Waals surface area (Å²) >= 11 is 5.95. The summed E-state index contributed by atoms with van der Waals surface area (Å²) in [6.45, 7) is 0. The highest BCUT2D eigenvalue weighted by atomic mass is 35.5. The van der Waals surface area contributed by atoms with E-state index in [1.54, 1.807) is 16.5 Å². The SMILES string of the molecule is Oc1cccn2c(Cc3cccc(Cl)c3)nnc12. The fourth-order valence-electron chi connectivity index (χ4n) is 1.90. The predicted octanol–water partition coefficient (Wildman–Crippen LogP) is 2.68. The lowest BCUT2D eigenvalue weighted by Crippen LogP contribution is -1.96. The number of benzene rings is 1. The Morgan fingerprint density at radius 2 is 2.06 bits per heavy atom. The third-order valence-electron chi connectivity index (χ3n) is 2.74. The zero-order valence-electron chi connectivity index (χ0n) is 9.42. The molecule has 5 heteroatoms. The molecule has 0 amide bonds. The van der Waals surface area contributed by atoms with Gasteiger partial charge in [-0.25, -0.2) is 0 Å². The Hall–Kier alpha value is -2.07. The van der Waals surface area contributed by atoms with Gasteiger partial charge in [-0.3, -0.25) is 4.40 Å². The molecule has 4 nitrogen and oxygen atoms in total. The van der Waals surface area contributed by atoms with Crippen LogP contribution >= 0.6 is 11.6 Å². The van der Waals surface area contributed by atoms with Gasteiger partial charge in [0, 0.05) is 17.6 Å². The van der Waals surface area contributed by atoms with E-state index in [1.807, 2.05) is 30.5 Å². The fourth-order valence-corrected chi connectivity index (χ4v) is 2.11. The number of rotatable bonds is 2. The number of hydrogen-bond donors (Lipinski definition) is 1. The van der Waals surface area contributed by atoms with Gasteiger partial charge in [0.1, 0.15) is 5.82 Å². The van der Waals surface area contributed by atoms with Crippen LogP contribution in [0, 0.1) is 0 Å². The molecule has 0 bridgehead atoms. The molecule has 0 atom stereocenters. The van der Waals surface area contributed by atoms with Crippen molar-refractivity contribution in [3.63, 3.8) is 0 Å². The highest BCUT2D eigenvalue weighted by Crippen LogP contribution is 2.18. The third kappa shape index (κ3) is 1.91. The summed E-state index contributed by atoms with van der Waals surface area (Å²) < 4.78 is 1.77. The Morgan fingerprint density at radius 3 is 2.89 bits per heavy atom. The van der Waals surface area contributed by atoms with Crippen molar-refractivity contribution in [1.82, 2.24) is 14.6 Å². The molecule has 1 aromatic carbocycles. The molecule has 0 spiro atoms. The number of fused-ring (bicyclic) bond motifs is 1. The standard InChI is InChI=1S/C13H10ClN3O/c14-10-4-1-3-9(7-10)8-12-15-16-13-11(18)5-2-6-17(12)13/h1-7,18H,8H2. The first kappa shape index (κ1) is 11.0. The van der Waals surface area contributed by atoms with E-state index in [-0.39, 0.29) is 5.75 Å². The van der Waals surface area contributed by atoms with Crippen molar-refractivity contribution in [2.24, 2.45) is 0 Å². The number of pyridine rings is 1. The van der Waals surface area contributed by atoms with Crippen LogP contribution in [0.2, 0.25) is 5.02 Å². The fraction of sp³-hybridized carbons (Fsp3) is 0.0769. The van der Waals surface area contributed by atoms with Gasteiger partial charge in [-0.15, -0.1) is 10.2 Å². The van der Waals surface area contributed by atoms with Gasteiger partial charge < -0.3 is 5.11 Å². The molecule has 0 fully saturated rings. The zero-order chi connectivity index (χ0) is 12.5. The lowest BCUT2D eigenvalue weighted by Gasteiger charge is -2.01. The summed E-state index contributed by atoms with van der Waals surface area (Å²) in [6, 6.07) is 11.0. The molecule has 90 valence electrons. The summed E-state index contributed by atoms with van der Waals surface area (Å²) in [5.74, 6) is 0.894. The van der Waals surface area contributed by atoms with Crippen LogP contribution in [0.1, 0.15) is 11.4 Å². The van der Waals surface area contributed by atoms with Crippen LogP contribution in [0.3, 0.4) is 0 Å². The van der Waals surface area contributed by atoms with Gasteiger partial charge in [0.05, 0.1) is 0 Å². The molecule has 3 aromatic rings. The number of hydrogen-bond acceptors (Lipinski definition) is 3. The molecule has 0 radical (unpaired) electrons. The van der Waals surface area contributed by atoms with E-state index in [2.05, 4.69) is 10.2 Å². The van der Waals surface area contributed by atoms with Gasteiger partial charge in [0.15, 0.2) is 5.75 Å². The van der Waals surface area contributed by atoms with E-state index in [0.29, 0.717) is 17.1 Å². The molecule has 3 rings (SSSR count). The Balaban J connectivity index is 2.03. The van der Waals surface area contributed by atoms with E-state index in [9.17, 15) is 5.11 Å². The minimum absolute atomic E-state index is 0.127. The van der Waals surface area contributed by atoms with Gasteiger partial charge in [-0.05, 0) is 29.8 Å². The first-order chi connectivity index (χ1) is 8.74. The van der Waals surface area contributed by atoms with Crippen LogP contribution in [-0.2, 0) is 6.42 Å². The molecular formula is C13H10ClN3O. The summed E-state index contributed by atoms with van der Waals surface area (Å²) in [6.07, 6.45) is 2.44. The Kier molecular flexibility index (Phi) is 2.64. The van der Waals surface area contributed by atoms with E-state index >= 15 is 0 Å². The summed E-state index contributed by atoms with van der Waals surface area (Å²) in [5, 5.41) is 18.4. The minimum Gasteiger partial charge on any atom is -0.504 e. The van der Waals surface area contributed by atoms with Crippen LogP contribution in [0.5, 0.6) is 5.75 Å². The van der Waals surface area contributed by atoms with Gasteiger partial charge in [0.25, 0.3) is 0 Å². The topological polar surface area (TPSA) is 50.4 Å². The highest BCUT2D eigenvalue weighted by molar-refractivity contribution is 6.30. The van der Waals surface area contributed by atoms with E-state index in [4.69, 9.17) is 11.6 Å². The number of aromatic nitrogens is 3. The third-order valence-corrected chi connectivity index (χ3v) is 2.97. The van der Waals surface area contributed by atoms with E-state index in [0.717, 1.165) is 11.4 Å². The van der Waals surface area contributed by atoms with E-state index < -0.39 is 0 Å². The minimum atomic E-state index is 0.127. The lowest BCUT2D eigenvalue weighted by atomic mass is 10.1. The molecule has 18 heavy (non-hydrogen) atoms. The maximum Gasteiger partial charge on any atom is 0.203 e. The van der Waals surface area contributed by atoms with E-state index in [1.165, 1.54) is 0 Å². The summed E-state index contributed by atoms with van der Waals surface area (Å²) in [4.78, 5) is 0. The van der Waals surface area contributed by atoms with Crippen molar-refractivity contribution >= 4 is 17.2 Å². The van der Waals surface area contributed by atoms with Gasteiger partial charge in [-0.1, -0.05) is 23.7 Å². The first-order valence-corrected chi connectivity index (χ1v) is 5.88.